The Balaban J connectivity index is 1.73. The van der Waals surface area contributed by atoms with Crippen molar-refractivity contribution >= 4 is 17.5 Å². The molecule has 0 unspecified atom stereocenters. The third kappa shape index (κ3) is 2.35. The number of anilines is 1. The molecule has 19 heavy (non-hydrogen) atoms. The summed E-state index contributed by atoms with van der Waals surface area (Å²) in [5, 5.41) is 3.20. The summed E-state index contributed by atoms with van der Waals surface area (Å²) < 4.78 is 0. The fourth-order valence-corrected chi connectivity index (χ4v) is 2.56. The van der Waals surface area contributed by atoms with E-state index in [1.54, 1.807) is 0 Å². The van der Waals surface area contributed by atoms with E-state index < -0.39 is 0 Å². The van der Waals surface area contributed by atoms with Crippen LogP contribution in [0.25, 0.3) is 0 Å². The Morgan fingerprint density at radius 1 is 1.32 bits per heavy atom. The molecule has 1 aromatic rings. The minimum absolute atomic E-state index is 0.0309. The van der Waals surface area contributed by atoms with Gasteiger partial charge < -0.3 is 5.32 Å². The lowest BCUT2D eigenvalue weighted by Gasteiger charge is -2.15. The molecule has 4 heteroatoms. The molecule has 0 radical (unpaired) electrons. The lowest BCUT2D eigenvalue weighted by molar-refractivity contribution is -0.139. The van der Waals surface area contributed by atoms with Crippen LogP contribution in [-0.4, -0.2) is 28.8 Å². The molecule has 1 N–H and O–H groups in total. The molecule has 1 heterocycles. The van der Waals surface area contributed by atoms with Gasteiger partial charge in [0.2, 0.25) is 5.91 Å². The molecule has 2 aliphatic rings. The lowest BCUT2D eigenvalue weighted by Crippen LogP contribution is -2.36. The van der Waals surface area contributed by atoms with E-state index in [9.17, 15) is 9.59 Å². The van der Waals surface area contributed by atoms with Gasteiger partial charge in [0.1, 0.15) is 6.04 Å². The molecule has 1 aliphatic heterocycles. The summed E-state index contributed by atoms with van der Waals surface area (Å²) in [7, 11) is 0. The first kappa shape index (κ1) is 12.2. The van der Waals surface area contributed by atoms with Crippen LogP contribution >= 0.6 is 0 Å². The second kappa shape index (κ2) is 4.68. The predicted molar refractivity (Wildman–Crippen MR) is 72.7 cm³/mol. The zero-order valence-corrected chi connectivity index (χ0v) is 11.1. The monoisotopic (exact) mass is 258 g/mol. The Morgan fingerprint density at radius 2 is 2.11 bits per heavy atom. The van der Waals surface area contributed by atoms with Crippen LogP contribution < -0.4 is 5.32 Å². The SMILES string of the molecule is CCc1cccc(N[C@@H]2CC(=O)N(C3CC3)C2=O)c1. The smallest absolute Gasteiger partial charge is 0.252 e. The van der Waals surface area contributed by atoms with Crippen molar-refractivity contribution in [1.82, 2.24) is 4.90 Å². The highest BCUT2D eigenvalue weighted by Gasteiger charge is 2.46. The number of nitrogens with zero attached hydrogens (tertiary/aromatic N) is 1. The summed E-state index contributed by atoms with van der Waals surface area (Å²) in [4.78, 5) is 25.5. The molecular weight excluding hydrogens is 240 g/mol. The van der Waals surface area contributed by atoms with Gasteiger partial charge in [-0.25, -0.2) is 0 Å². The molecule has 100 valence electrons. The summed E-state index contributed by atoms with van der Waals surface area (Å²) in [5.41, 5.74) is 2.14. The van der Waals surface area contributed by atoms with Crippen molar-refractivity contribution in [3.63, 3.8) is 0 Å². The molecule has 1 aliphatic carbocycles. The summed E-state index contributed by atoms with van der Waals surface area (Å²) in [6.07, 6.45) is 3.18. The highest BCUT2D eigenvalue weighted by atomic mass is 16.2. The second-order valence-electron chi connectivity index (χ2n) is 5.29. The molecule has 1 atom stereocenters. The third-order valence-corrected chi connectivity index (χ3v) is 3.77. The molecule has 3 rings (SSSR count). The Labute approximate surface area is 112 Å². The fraction of sp³-hybridized carbons (Fsp3) is 0.467. The van der Waals surface area contributed by atoms with Gasteiger partial charge in [-0.1, -0.05) is 19.1 Å². The van der Waals surface area contributed by atoms with Crippen molar-refractivity contribution in [2.24, 2.45) is 0 Å². The molecule has 1 aromatic carbocycles. The number of rotatable bonds is 4. The quantitative estimate of drug-likeness (QED) is 0.840. The average Bonchev–Trinajstić information content (AvgIpc) is 3.19. The Bertz CT molecular complexity index is 523. The van der Waals surface area contributed by atoms with Crippen LogP contribution in [0.1, 0.15) is 31.7 Å². The predicted octanol–water partition coefficient (Wildman–Crippen LogP) is 1.95. The van der Waals surface area contributed by atoms with Crippen LogP contribution in [0.4, 0.5) is 5.69 Å². The van der Waals surface area contributed by atoms with Gasteiger partial charge >= 0.3 is 0 Å². The van der Waals surface area contributed by atoms with E-state index in [4.69, 9.17) is 0 Å². The first-order chi connectivity index (χ1) is 9.19. The molecule has 2 amide bonds. The van der Waals surface area contributed by atoms with E-state index in [2.05, 4.69) is 18.3 Å². The maximum Gasteiger partial charge on any atom is 0.252 e. The number of aryl methyl sites for hydroxylation is 1. The third-order valence-electron chi connectivity index (χ3n) is 3.77. The van der Waals surface area contributed by atoms with Gasteiger partial charge in [-0.05, 0) is 37.0 Å². The zero-order chi connectivity index (χ0) is 13.4. The number of nitrogens with one attached hydrogen (secondary N) is 1. The van der Waals surface area contributed by atoms with E-state index in [0.717, 1.165) is 24.9 Å². The lowest BCUT2D eigenvalue weighted by atomic mass is 10.1. The standard InChI is InChI=1S/C15H18N2O2/c1-2-10-4-3-5-11(8-10)16-13-9-14(18)17(15(13)19)12-6-7-12/h3-5,8,12-13,16H,2,6-7,9H2,1H3/t13-/m1/s1. The van der Waals surface area contributed by atoms with Crippen molar-refractivity contribution in [2.75, 3.05) is 5.32 Å². The second-order valence-corrected chi connectivity index (χ2v) is 5.29. The molecule has 0 spiro atoms. The fourth-order valence-electron chi connectivity index (χ4n) is 2.56. The van der Waals surface area contributed by atoms with Crippen molar-refractivity contribution < 1.29 is 9.59 Å². The molecule has 1 saturated carbocycles. The Kier molecular flexibility index (Phi) is 3.01. The number of imide groups is 1. The highest BCUT2D eigenvalue weighted by molar-refractivity contribution is 6.07. The largest absolute Gasteiger partial charge is 0.373 e. The number of hydrogen-bond acceptors (Lipinski definition) is 3. The topological polar surface area (TPSA) is 49.4 Å². The van der Waals surface area contributed by atoms with Crippen LogP contribution in [0.5, 0.6) is 0 Å². The minimum Gasteiger partial charge on any atom is -0.373 e. The summed E-state index contributed by atoms with van der Waals surface area (Å²) in [6.45, 7) is 2.10. The van der Waals surface area contributed by atoms with Crippen molar-refractivity contribution in [3.8, 4) is 0 Å². The van der Waals surface area contributed by atoms with Gasteiger partial charge in [0.25, 0.3) is 5.91 Å². The highest BCUT2D eigenvalue weighted by Crippen LogP contribution is 2.32. The van der Waals surface area contributed by atoms with E-state index in [-0.39, 0.29) is 30.3 Å². The molecule has 0 bridgehead atoms. The maximum absolute atomic E-state index is 12.2. The van der Waals surface area contributed by atoms with Gasteiger partial charge in [0.15, 0.2) is 0 Å². The van der Waals surface area contributed by atoms with E-state index in [0.29, 0.717) is 0 Å². The molecular formula is C15H18N2O2. The van der Waals surface area contributed by atoms with Crippen LogP contribution in [0, 0.1) is 0 Å². The van der Waals surface area contributed by atoms with E-state index >= 15 is 0 Å². The van der Waals surface area contributed by atoms with Gasteiger partial charge in [-0.2, -0.15) is 0 Å². The summed E-state index contributed by atoms with van der Waals surface area (Å²) >= 11 is 0. The summed E-state index contributed by atoms with van der Waals surface area (Å²) in [5.74, 6) is -0.0916. The number of carbonyl (C=O) groups is 2. The zero-order valence-electron chi connectivity index (χ0n) is 11.1. The average molecular weight is 258 g/mol. The van der Waals surface area contributed by atoms with Gasteiger partial charge in [-0.3, -0.25) is 14.5 Å². The van der Waals surface area contributed by atoms with Crippen LogP contribution in [0.3, 0.4) is 0 Å². The minimum atomic E-state index is -0.389. The molecule has 1 saturated heterocycles. The first-order valence-electron chi connectivity index (χ1n) is 6.90. The number of benzene rings is 1. The number of likely N-dealkylation sites (tertiary alicyclic amines) is 1. The molecule has 4 nitrogen and oxygen atoms in total. The maximum atomic E-state index is 12.2. The molecule has 2 fully saturated rings. The van der Waals surface area contributed by atoms with E-state index in [1.165, 1.54) is 10.5 Å². The van der Waals surface area contributed by atoms with Crippen molar-refractivity contribution in [3.05, 3.63) is 29.8 Å². The van der Waals surface area contributed by atoms with Crippen molar-refractivity contribution in [1.29, 1.82) is 0 Å². The van der Waals surface area contributed by atoms with Gasteiger partial charge in [0, 0.05) is 11.7 Å². The Hall–Kier alpha value is -1.84. The van der Waals surface area contributed by atoms with Crippen molar-refractivity contribution in [2.45, 2.75) is 44.7 Å². The normalized spacial score (nSPS) is 23.0. The Morgan fingerprint density at radius 3 is 2.79 bits per heavy atom. The first-order valence-corrected chi connectivity index (χ1v) is 6.90. The number of amides is 2. The van der Waals surface area contributed by atoms with Crippen LogP contribution in [0.2, 0.25) is 0 Å². The number of hydrogen-bond donors (Lipinski definition) is 1. The molecule has 0 aromatic heterocycles. The van der Waals surface area contributed by atoms with Gasteiger partial charge in [0.05, 0.1) is 6.42 Å². The number of carbonyl (C=O) groups excluding carboxylic acids is 2. The van der Waals surface area contributed by atoms with Crippen LogP contribution in [-0.2, 0) is 16.0 Å². The van der Waals surface area contributed by atoms with E-state index in [1.807, 2.05) is 18.2 Å². The summed E-state index contributed by atoms with van der Waals surface area (Å²) in [6, 6.07) is 7.80. The van der Waals surface area contributed by atoms with Gasteiger partial charge in [-0.15, -0.1) is 0 Å². The van der Waals surface area contributed by atoms with Crippen LogP contribution in [0.15, 0.2) is 24.3 Å².